The Balaban J connectivity index is 0.00000210. The summed E-state index contributed by atoms with van der Waals surface area (Å²) >= 11 is 5.99. The molecule has 2 saturated heterocycles. The Kier molecular flexibility index (Phi) is 6.96. The molecule has 2 aromatic rings. The van der Waals surface area contributed by atoms with E-state index in [1.165, 1.54) is 38.5 Å². The molecule has 0 amide bonds. The van der Waals surface area contributed by atoms with Crippen LogP contribution in [0.1, 0.15) is 38.5 Å². The molecule has 0 aliphatic carbocycles. The molecule has 1 aromatic heterocycles. The van der Waals surface area contributed by atoms with Crippen molar-refractivity contribution >= 4 is 47.5 Å². The molecule has 0 unspecified atom stereocenters. The molecule has 2 aliphatic heterocycles. The van der Waals surface area contributed by atoms with E-state index in [9.17, 15) is 0 Å². The number of rotatable bonds is 4. The summed E-state index contributed by atoms with van der Waals surface area (Å²) in [5, 5.41) is 4.03. The number of anilines is 4. The molecular weight excluding hydrogens is 383 g/mol. The fraction of sp³-hybridized carbons (Fsp3) is 0.526. The molecule has 6 nitrogen and oxygen atoms in total. The van der Waals surface area contributed by atoms with E-state index >= 15 is 0 Å². The number of piperidine rings is 2. The van der Waals surface area contributed by atoms with Crippen molar-refractivity contribution in [1.29, 1.82) is 0 Å². The molecule has 0 radical (unpaired) electrons. The molecule has 2 aliphatic rings. The summed E-state index contributed by atoms with van der Waals surface area (Å²) < 4.78 is 0. The van der Waals surface area contributed by atoms with Gasteiger partial charge in [0.1, 0.15) is 0 Å². The van der Waals surface area contributed by atoms with E-state index in [2.05, 4.69) is 15.1 Å². The van der Waals surface area contributed by atoms with E-state index in [1.807, 2.05) is 24.3 Å². The van der Waals surface area contributed by atoms with Crippen LogP contribution in [0.4, 0.5) is 23.5 Å². The van der Waals surface area contributed by atoms with Crippen molar-refractivity contribution in [2.45, 2.75) is 38.5 Å². The molecule has 0 bridgehead atoms. The highest BCUT2D eigenvalue weighted by Gasteiger charge is 2.20. The number of nitrogens with zero attached hydrogens (tertiary/aromatic N) is 5. The minimum absolute atomic E-state index is 0. The van der Waals surface area contributed by atoms with Crippen LogP contribution in [0.25, 0.3) is 0 Å². The van der Waals surface area contributed by atoms with Crippen molar-refractivity contribution < 1.29 is 0 Å². The van der Waals surface area contributed by atoms with Gasteiger partial charge in [-0.15, -0.1) is 12.4 Å². The highest BCUT2D eigenvalue weighted by molar-refractivity contribution is 6.30. The molecule has 0 saturated carbocycles. The molecule has 8 heteroatoms. The Labute approximate surface area is 171 Å². The lowest BCUT2D eigenvalue weighted by molar-refractivity contribution is 0.556. The number of hydrogen-bond acceptors (Lipinski definition) is 6. The van der Waals surface area contributed by atoms with Crippen LogP contribution in [0.15, 0.2) is 24.3 Å². The average molecular weight is 409 g/mol. The highest BCUT2D eigenvalue weighted by Crippen LogP contribution is 2.24. The zero-order valence-electron chi connectivity index (χ0n) is 15.4. The Morgan fingerprint density at radius 3 is 1.67 bits per heavy atom. The van der Waals surface area contributed by atoms with Gasteiger partial charge in [-0.1, -0.05) is 11.6 Å². The fourth-order valence-corrected chi connectivity index (χ4v) is 3.67. The highest BCUT2D eigenvalue weighted by atomic mass is 35.5. The third kappa shape index (κ3) is 5.14. The van der Waals surface area contributed by atoms with Crippen molar-refractivity contribution in [3.63, 3.8) is 0 Å². The predicted molar refractivity (Wildman–Crippen MR) is 114 cm³/mol. The maximum Gasteiger partial charge on any atom is 0.233 e. The van der Waals surface area contributed by atoms with E-state index < -0.39 is 0 Å². The predicted octanol–water partition coefficient (Wildman–Crippen LogP) is 4.67. The first-order valence-corrected chi connectivity index (χ1v) is 9.94. The van der Waals surface area contributed by atoms with Crippen molar-refractivity contribution in [2.75, 3.05) is 41.3 Å². The van der Waals surface area contributed by atoms with Crippen LogP contribution in [0.5, 0.6) is 0 Å². The van der Waals surface area contributed by atoms with Crippen LogP contribution in [-0.4, -0.2) is 41.1 Å². The molecule has 0 atom stereocenters. The van der Waals surface area contributed by atoms with Gasteiger partial charge >= 0.3 is 0 Å². The Hall–Kier alpha value is -1.79. The Morgan fingerprint density at radius 1 is 0.704 bits per heavy atom. The molecule has 0 spiro atoms. The Morgan fingerprint density at radius 2 is 1.19 bits per heavy atom. The molecule has 27 heavy (non-hydrogen) atoms. The van der Waals surface area contributed by atoms with Gasteiger partial charge in [-0.3, -0.25) is 0 Å². The summed E-state index contributed by atoms with van der Waals surface area (Å²) in [4.78, 5) is 18.8. The first kappa shape index (κ1) is 20.0. The third-order valence-electron chi connectivity index (χ3n) is 4.99. The van der Waals surface area contributed by atoms with E-state index in [0.717, 1.165) is 43.8 Å². The van der Waals surface area contributed by atoms with Gasteiger partial charge in [0.15, 0.2) is 0 Å². The van der Waals surface area contributed by atoms with Crippen LogP contribution >= 0.6 is 24.0 Å². The monoisotopic (exact) mass is 408 g/mol. The second kappa shape index (κ2) is 9.42. The second-order valence-electron chi connectivity index (χ2n) is 6.99. The molecule has 1 N–H and O–H groups in total. The smallest absolute Gasteiger partial charge is 0.233 e. The van der Waals surface area contributed by atoms with Crippen molar-refractivity contribution in [3.8, 4) is 0 Å². The largest absolute Gasteiger partial charge is 0.341 e. The first-order chi connectivity index (χ1) is 12.8. The van der Waals surface area contributed by atoms with Crippen molar-refractivity contribution in [3.05, 3.63) is 29.3 Å². The van der Waals surface area contributed by atoms with Crippen LogP contribution in [0, 0.1) is 0 Å². The van der Waals surface area contributed by atoms with Gasteiger partial charge < -0.3 is 15.1 Å². The van der Waals surface area contributed by atoms with Gasteiger partial charge in [0.2, 0.25) is 17.8 Å². The second-order valence-corrected chi connectivity index (χ2v) is 7.42. The van der Waals surface area contributed by atoms with E-state index in [-0.39, 0.29) is 12.4 Å². The average Bonchev–Trinajstić information content (AvgIpc) is 2.71. The van der Waals surface area contributed by atoms with Crippen LogP contribution < -0.4 is 15.1 Å². The fourth-order valence-electron chi connectivity index (χ4n) is 3.54. The van der Waals surface area contributed by atoms with Gasteiger partial charge in [-0.2, -0.15) is 15.0 Å². The molecule has 4 rings (SSSR count). The topological polar surface area (TPSA) is 57.2 Å². The molecule has 1 aromatic carbocycles. The molecule has 2 fully saturated rings. The summed E-state index contributed by atoms with van der Waals surface area (Å²) in [5.41, 5.74) is 0.926. The number of aromatic nitrogens is 3. The number of nitrogens with one attached hydrogen (secondary N) is 1. The SMILES string of the molecule is Cl.Clc1ccc(Nc2nc(N3CCCCC3)nc(N3CCCCC3)n2)cc1. The van der Waals surface area contributed by atoms with Gasteiger partial charge in [-0.25, -0.2) is 0 Å². The zero-order valence-corrected chi connectivity index (χ0v) is 17.0. The summed E-state index contributed by atoms with van der Waals surface area (Å²) in [6, 6.07) is 7.60. The quantitative estimate of drug-likeness (QED) is 0.792. The van der Waals surface area contributed by atoms with Crippen LogP contribution in [0.2, 0.25) is 5.02 Å². The lowest BCUT2D eigenvalue weighted by Crippen LogP contribution is -2.34. The van der Waals surface area contributed by atoms with Gasteiger partial charge in [0, 0.05) is 36.9 Å². The van der Waals surface area contributed by atoms with E-state index in [1.54, 1.807) is 0 Å². The summed E-state index contributed by atoms with van der Waals surface area (Å²) in [5.74, 6) is 2.18. The van der Waals surface area contributed by atoms with Gasteiger partial charge in [0.25, 0.3) is 0 Å². The number of hydrogen-bond donors (Lipinski definition) is 1. The zero-order chi connectivity index (χ0) is 17.8. The van der Waals surface area contributed by atoms with E-state index in [4.69, 9.17) is 26.6 Å². The van der Waals surface area contributed by atoms with Crippen LogP contribution in [0.3, 0.4) is 0 Å². The molecule has 3 heterocycles. The maximum atomic E-state index is 5.99. The normalized spacial score (nSPS) is 17.4. The summed E-state index contributed by atoms with van der Waals surface area (Å²) in [6.07, 6.45) is 7.37. The first-order valence-electron chi connectivity index (χ1n) is 9.56. The minimum atomic E-state index is 0. The van der Waals surface area contributed by atoms with Gasteiger partial charge in [0.05, 0.1) is 0 Å². The van der Waals surface area contributed by atoms with Crippen LogP contribution in [-0.2, 0) is 0 Å². The minimum Gasteiger partial charge on any atom is -0.341 e. The van der Waals surface area contributed by atoms with Crippen molar-refractivity contribution in [2.24, 2.45) is 0 Å². The maximum absolute atomic E-state index is 5.99. The third-order valence-corrected chi connectivity index (χ3v) is 5.24. The lowest BCUT2D eigenvalue weighted by atomic mass is 10.1. The summed E-state index contributed by atoms with van der Waals surface area (Å²) in [7, 11) is 0. The van der Waals surface area contributed by atoms with Crippen molar-refractivity contribution in [1.82, 2.24) is 15.0 Å². The Bertz CT molecular complexity index is 691. The molecule has 146 valence electrons. The summed E-state index contributed by atoms with van der Waals surface area (Å²) in [6.45, 7) is 4.07. The lowest BCUT2D eigenvalue weighted by Gasteiger charge is -2.30. The molecular formula is C19H26Cl2N6. The number of benzene rings is 1. The standard InChI is InChI=1S/C19H25ClN6.ClH/c20-15-7-9-16(10-8-15)21-17-22-18(25-11-3-1-4-12-25)24-19(23-17)26-13-5-2-6-14-26;/h7-10H,1-6,11-14H2,(H,21,22,23,24);1H. The van der Waals surface area contributed by atoms with E-state index in [0.29, 0.717) is 11.0 Å². The van der Waals surface area contributed by atoms with Gasteiger partial charge in [-0.05, 0) is 62.8 Å². The number of halogens is 2.